The molecule has 0 amide bonds. The summed E-state index contributed by atoms with van der Waals surface area (Å²) in [5.41, 5.74) is -4.38. The van der Waals surface area contributed by atoms with Crippen molar-refractivity contribution in [2.24, 2.45) is 23.7 Å². The number of carbonyl (C=O) groups is 2. The fraction of sp³-hybridized carbons (Fsp3) is 0.950. The Morgan fingerprint density at radius 1 is 1.00 bits per heavy atom. The number of hydrogen-bond acceptors (Lipinski definition) is 14. The van der Waals surface area contributed by atoms with Gasteiger partial charge in [0.2, 0.25) is 0 Å². The standard InChI is InChI=1S/C40H74N2O13/c1-15-29-40(10,49)27(17-30(43)44)25(6)42(13)20-21(2)18-38(8,48)35(55-37-32(45)28(41(11)12)16-22(3)51-37)23(4)33(24(5)36(47)53-29)54-31-19-39(9,50-14)34(46)26(7)52-31/h21-29,31-35,37,45-46,48-49H,15-20H2,1-14H3,(H,43,44)/t21-,22-,23+,24-,25-,26+,27-,28+,29-,31+,32-,33+,34+,35-,37+,38-,39-,40-/m1/s1. The van der Waals surface area contributed by atoms with Crippen LogP contribution in [0.25, 0.3) is 0 Å². The number of cyclic esters (lactones) is 1. The van der Waals surface area contributed by atoms with Crippen LogP contribution in [-0.2, 0) is 38.0 Å². The molecule has 3 rings (SSSR count). The van der Waals surface area contributed by atoms with E-state index in [9.17, 15) is 35.1 Å². The van der Waals surface area contributed by atoms with Gasteiger partial charge >= 0.3 is 11.9 Å². The first-order valence-electron chi connectivity index (χ1n) is 20.1. The van der Waals surface area contributed by atoms with Gasteiger partial charge in [0.25, 0.3) is 0 Å². The fourth-order valence-corrected chi connectivity index (χ4v) is 9.42. The number of carboxylic acid groups (broad SMARTS) is 1. The highest BCUT2D eigenvalue weighted by molar-refractivity contribution is 5.73. The van der Waals surface area contributed by atoms with Gasteiger partial charge in [0.05, 0.1) is 48.0 Å². The number of rotatable bonds is 9. The van der Waals surface area contributed by atoms with Crippen LogP contribution in [0, 0.1) is 23.7 Å². The first kappa shape index (κ1) is 47.9. The number of aliphatic carboxylic acids is 1. The van der Waals surface area contributed by atoms with Gasteiger partial charge in [-0.2, -0.15) is 0 Å². The highest BCUT2D eigenvalue weighted by Gasteiger charge is 2.53. The predicted octanol–water partition coefficient (Wildman–Crippen LogP) is 2.63. The average molecular weight is 791 g/mol. The van der Waals surface area contributed by atoms with E-state index < -0.39 is 102 Å². The molecule has 0 aromatic heterocycles. The minimum absolute atomic E-state index is 0.110. The van der Waals surface area contributed by atoms with E-state index >= 15 is 0 Å². The van der Waals surface area contributed by atoms with Gasteiger partial charge in [-0.05, 0) is 94.8 Å². The third-order valence-corrected chi connectivity index (χ3v) is 12.9. The summed E-state index contributed by atoms with van der Waals surface area (Å²) in [6.45, 7) is 18.0. The molecule has 0 aromatic rings. The molecule has 3 aliphatic heterocycles. The molecular weight excluding hydrogens is 716 g/mol. The van der Waals surface area contributed by atoms with Crippen LogP contribution >= 0.6 is 0 Å². The molecule has 0 bridgehead atoms. The summed E-state index contributed by atoms with van der Waals surface area (Å²) in [6.07, 6.45) is -7.62. The van der Waals surface area contributed by atoms with Crippen LogP contribution in [0.4, 0.5) is 0 Å². The molecule has 0 radical (unpaired) electrons. The molecule has 0 aliphatic carbocycles. The van der Waals surface area contributed by atoms with Gasteiger partial charge in [0.15, 0.2) is 12.6 Å². The quantitative estimate of drug-likeness (QED) is 0.214. The lowest BCUT2D eigenvalue weighted by atomic mass is 9.76. The molecule has 15 heteroatoms. The summed E-state index contributed by atoms with van der Waals surface area (Å²) in [7, 11) is 7.09. The number of carboxylic acids is 1. The van der Waals surface area contributed by atoms with Crippen LogP contribution < -0.4 is 0 Å². The number of aliphatic hydroxyl groups is 4. The van der Waals surface area contributed by atoms with Crippen molar-refractivity contribution in [3.63, 3.8) is 0 Å². The van der Waals surface area contributed by atoms with E-state index in [0.717, 1.165) is 0 Å². The maximum atomic E-state index is 14.4. The first-order valence-corrected chi connectivity index (χ1v) is 20.1. The number of likely N-dealkylation sites (N-methyl/N-ethyl adjacent to an activating group) is 1. The number of esters is 1. The zero-order valence-corrected chi connectivity index (χ0v) is 35.8. The predicted molar refractivity (Wildman–Crippen MR) is 204 cm³/mol. The number of nitrogens with zero attached hydrogens (tertiary/aromatic N) is 2. The van der Waals surface area contributed by atoms with Crippen molar-refractivity contribution in [2.45, 2.75) is 186 Å². The Bertz CT molecular complexity index is 1250. The molecule has 0 spiro atoms. The van der Waals surface area contributed by atoms with Crippen molar-refractivity contribution >= 4 is 11.9 Å². The lowest BCUT2D eigenvalue weighted by Crippen LogP contribution is -2.60. The Morgan fingerprint density at radius 2 is 1.62 bits per heavy atom. The Kier molecular flexibility index (Phi) is 16.6. The molecule has 55 heavy (non-hydrogen) atoms. The molecule has 5 N–H and O–H groups in total. The number of methoxy groups -OCH3 is 1. The summed E-state index contributed by atoms with van der Waals surface area (Å²) < 4.78 is 37.7. The number of aliphatic hydroxyl groups excluding tert-OH is 2. The Hall–Kier alpha value is -1.50. The largest absolute Gasteiger partial charge is 0.481 e. The molecule has 0 unspecified atom stereocenters. The lowest BCUT2D eigenvalue weighted by molar-refractivity contribution is -0.318. The lowest BCUT2D eigenvalue weighted by Gasteiger charge is -2.48. The Labute approximate surface area is 328 Å². The summed E-state index contributed by atoms with van der Waals surface area (Å²) in [6, 6.07) is -0.763. The molecule has 322 valence electrons. The monoisotopic (exact) mass is 791 g/mol. The summed E-state index contributed by atoms with van der Waals surface area (Å²) >= 11 is 0. The van der Waals surface area contributed by atoms with Gasteiger partial charge < -0.3 is 63.8 Å². The molecule has 3 fully saturated rings. The van der Waals surface area contributed by atoms with Crippen molar-refractivity contribution in [2.75, 3.05) is 34.8 Å². The van der Waals surface area contributed by atoms with Crippen molar-refractivity contribution in [1.82, 2.24) is 9.80 Å². The van der Waals surface area contributed by atoms with Crippen LogP contribution in [0.15, 0.2) is 0 Å². The van der Waals surface area contributed by atoms with E-state index in [4.69, 9.17) is 28.4 Å². The highest BCUT2D eigenvalue weighted by Crippen LogP contribution is 2.41. The topological polar surface area (TPSA) is 197 Å². The second-order valence-electron chi connectivity index (χ2n) is 17.9. The van der Waals surface area contributed by atoms with E-state index in [-0.39, 0.29) is 43.7 Å². The maximum Gasteiger partial charge on any atom is 0.311 e. The summed E-state index contributed by atoms with van der Waals surface area (Å²) in [5, 5.41) is 57.2. The van der Waals surface area contributed by atoms with Gasteiger partial charge in [-0.1, -0.05) is 20.8 Å². The molecule has 3 saturated heterocycles. The van der Waals surface area contributed by atoms with Crippen LogP contribution in [0.3, 0.4) is 0 Å². The van der Waals surface area contributed by atoms with Crippen LogP contribution in [0.1, 0.15) is 101 Å². The van der Waals surface area contributed by atoms with Gasteiger partial charge in [-0.15, -0.1) is 0 Å². The SMILES string of the molecule is CC[C@H]1OC(=O)[C@H](C)[C@@H](O[C@H]2C[C@@](C)(OC)[C@@H](O)[C@H](C)O2)[C@H](C)[C@@H](O[C@@H]2O[C@H](C)C[C@H](N(C)C)[C@H]2O)[C@](C)(O)C[C@@H](C)CN(C)[C@H](C)[C@@H](CC(=O)O)[C@@]1(C)O. The van der Waals surface area contributed by atoms with Gasteiger partial charge in [-0.3, -0.25) is 9.59 Å². The average Bonchev–Trinajstić information content (AvgIpc) is 3.08. The van der Waals surface area contributed by atoms with Gasteiger partial charge in [0.1, 0.15) is 23.9 Å². The van der Waals surface area contributed by atoms with E-state index in [0.29, 0.717) is 13.0 Å². The molecular formula is C40H74N2O13. The first-order chi connectivity index (χ1) is 25.3. The Balaban J connectivity index is 2.21. The molecule has 0 saturated carbocycles. The molecule has 0 aromatic carbocycles. The molecule has 15 nitrogen and oxygen atoms in total. The van der Waals surface area contributed by atoms with E-state index in [2.05, 4.69) is 0 Å². The Morgan fingerprint density at radius 3 is 2.16 bits per heavy atom. The number of hydrogen-bond donors (Lipinski definition) is 5. The van der Waals surface area contributed by atoms with Crippen molar-refractivity contribution in [1.29, 1.82) is 0 Å². The van der Waals surface area contributed by atoms with Gasteiger partial charge in [0, 0.05) is 44.0 Å². The zero-order valence-electron chi connectivity index (χ0n) is 35.8. The maximum absolute atomic E-state index is 14.4. The van der Waals surface area contributed by atoms with Gasteiger partial charge in [-0.25, -0.2) is 0 Å². The highest BCUT2D eigenvalue weighted by atomic mass is 16.7. The van der Waals surface area contributed by atoms with Crippen LogP contribution in [-0.4, -0.2) is 166 Å². The number of ether oxygens (including phenoxy) is 6. The van der Waals surface area contributed by atoms with Crippen molar-refractivity contribution < 1.29 is 63.5 Å². The minimum atomic E-state index is -1.74. The molecule has 3 aliphatic rings. The second kappa shape index (κ2) is 19.0. The van der Waals surface area contributed by atoms with E-state index in [1.165, 1.54) is 14.0 Å². The van der Waals surface area contributed by atoms with Crippen LogP contribution in [0.2, 0.25) is 0 Å². The fourth-order valence-electron chi connectivity index (χ4n) is 9.42. The third-order valence-electron chi connectivity index (χ3n) is 12.9. The molecule has 18 atom stereocenters. The second-order valence-corrected chi connectivity index (χ2v) is 17.9. The molecule has 3 heterocycles. The van der Waals surface area contributed by atoms with Crippen molar-refractivity contribution in [3.8, 4) is 0 Å². The summed E-state index contributed by atoms with van der Waals surface area (Å²) in [4.78, 5) is 30.5. The number of carbonyl (C=O) groups excluding carboxylic acids is 1. The third kappa shape index (κ3) is 11.2. The van der Waals surface area contributed by atoms with E-state index in [1.807, 2.05) is 51.7 Å². The summed E-state index contributed by atoms with van der Waals surface area (Å²) in [5.74, 6) is -4.66. The zero-order chi connectivity index (χ0) is 42.0. The minimum Gasteiger partial charge on any atom is -0.481 e. The van der Waals surface area contributed by atoms with Crippen LogP contribution in [0.5, 0.6) is 0 Å². The van der Waals surface area contributed by atoms with E-state index in [1.54, 1.807) is 41.5 Å². The smallest absolute Gasteiger partial charge is 0.311 e. The normalized spacial score (nSPS) is 47.5. The van der Waals surface area contributed by atoms with Crippen molar-refractivity contribution in [3.05, 3.63) is 0 Å².